The number of aromatic nitrogens is 5. The van der Waals surface area contributed by atoms with Gasteiger partial charge in [-0.3, -0.25) is 0 Å². The summed E-state index contributed by atoms with van der Waals surface area (Å²) in [6.07, 6.45) is -1.59. The van der Waals surface area contributed by atoms with Gasteiger partial charge in [0, 0.05) is 18.4 Å². The molecule has 0 radical (unpaired) electrons. The van der Waals surface area contributed by atoms with Gasteiger partial charge in [-0.1, -0.05) is 6.07 Å². The minimum Gasteiger partial charge on any atom is -0.394 e. The Hall–Kier alpha value is -2.88. The van der Waals surface area contributed by atoms with E-state index in [9.17, 15) is 13.2 Å². The lowest BCUT2D eigenvalue weighted by atomic mass is 10.2. The van der Waals surface area contributed by atoms with Crippen molar-refractivity contribution in [3.05, 3.63) is 52.8 Å². The summed E-state index contributed by atoms with van der Waals surface area (Å²) >= 11 is 5.72. The van der Waals surface area contributed by atoms with Crippen LogP contribution in [0.25, 0.3) is 5.82 Å². The lowest BCUT2D eigenvalue weighted by Crippen LogP contribution is -2.09. The van der Waals surface area contributed by atoms with Crippen LogP contribution in [0.3, 0.4) is 0 Å². The zero-order valence-corrected chi connectivity index (χ0v) is 14.2. The molecule has 0 unspecified atom stereocenters. The molecule has 26 heavy (non-hydrogen) atoms. The van der Waals surface area contributed by atoms with Gasteiger partial charge < -0.3 is 11.1 Å². The molecule has 7 nitrogen and oxygen atoms in total. The van der Waals surface area contributed by atoms with E-state index in [1.54, 1.807) is 12.1 Å². The fraction of sp³-hybridized carbons (Fsp3) is 0.200. The second kappa shape index (κ2) is 6.79. The molecule has 0 saturated heterocycles. The Balaban J connectivity index is 1.75. The SMILES string of the molecule is Cc1cc(C(F)(F)F)nn1-c1ccc(CNc2nc(Cl)ncc2N)cn1. The Kier molecular flexibility index (Phi) is 4.68. The third kappa shape index (κ3) is 3.85. The zero-order chi connectivity index (χ0) is 18.9. The van der Waals surface area contributed by atoms with Crippen LogP contribution >= 0.6 is 11.6 Å². The lowest BCUT2D eigenvalue weighted by molar-refractivity contribution is -0.141. The maximum Gasteiger partial charge on any atom is 0.435 e. The first-order valence-electron chi connectivity index (χ1n) is 7.35. The van der Waals surface area contributed by atoms with Gasteiger partial charge in [-0.2, -0.15) is 23.3 Å². The van der Waals surface area contributed by atoms with Crippen LogP contribution in [0.15, 0.2) is 30.6 Å². The average molecular weight is 384 g/mol. The highest BCUT2D eigenvalue weighted by Crippen LogP contribution is 2.29. The zero-order valence-electron chi connectivity index (χ0n) is 13.4. The number of alkyl halides is 3. The number of nitrogens with one attached hydrogen (secondary N) is 1. The quantitative estimate of drug-likeness (QED) is 0.672. The van der Waals surface area contributed by atoms with Crippen LogP contribution in [0, 0.1) is 6.92 Å². The van der Waals surface area contributed by atoms with Crippen LogP contribution in [0.4, 0.5) is 24.7 Å². The van der Waals surface area contributed by atoms with Crippen LogP contribution in [0.1, 0.15) is 17.0 Å². The van der Waals surface area contributed by atoms with Gasteiger partial charge in [0.2, 0.25) is 5.28 Å². The summed E-state index contributed by atoms with van der Waals surface area (Å²) < 4.78 is 39.4. The van der Waals surface area contributed by atoms with Gasteiger partial charge in [-0.25, -0.2) is 14.6 Å². The summed E-state index contributed by atoms with van der Waals surface area (Å²) in [5, 5.41) is 6.61. The first kappa shape index (κ1) is 17.9. The summed E-state index contributed by atoms with van der Waals surface area (Å²) in [5.74, 6) is 0.665. The highest BCUT2D eigenvalue weighted by Gasteiger charge is 2.34. The molecule has 3 N–H and O–H groups in total. The van der Waals surface area contributed by atoms with Crippen molar-refractivity contribution < 1.29 is 13.2 Å². The molecule has 3 heterocycles. The van der Waals surface area contributed by atoms with Crippen molar-refractivity contribution in [3.8, 4) is 5.82 Å². The number of hydrogen-bond acceptors (Lipinski definition) is 6. The summed E-state index contributed by atoms with van der Waals surface area (Å²) in [4.78, 5) is 11.9. The van der Waals surface area contributed by atoms with Gasteiger partial charge in [0.25, 0.3) is 0 Å². The molecule has 0 atom stereocenters. The standard InChI is InChI=1S/C15H13ClF3N7/c1-8-4-11(15(17,18)19)25-26(8)12-3-2-9(5-21-12)6-22-13-10(20)7-23-14(16)24-13/h2-5,7H,6,20H2,1H3,(H,22,23,24). The molecule has 0 amide bonds. The van der Waals surface area contributed by atoms with Crippen LogP contribution in [0.2, 0.25) is 5.28 Å². The molecular weight excluding hydrogens is 371 g/mol. The monoisotopic (exact) mass is 383 g/mol. The van der Waals surface area contributed by atoms with Crippen LogP contribution in [0.5, 0.6) is 0 Å². The number of rotatable bonds is 4. The summed E-state index contributed by atoms with van der Waals surface area (Å²) in [7, 11) is 0. The van der Waals surface area contributed by atoms with Crippen molar-refractivity contribution in [1.82, 2.24) is 24.7 Å². The van der Waals surface area contributed by atoms with E-state index in [4.69, 9.17) is 17.3 Å². The summed E-state index contributed by atoms with van der Waals surface area (Å²) in [6, 6.07) is 4.26. The number of nitrogens with two attached hydrogens (primary N) is 1. The molecule has 3 aromatic rings. The smallest absolute Gasteiger partial charge is 0.394 e. The van der Waals surface area contributed by atoms with E-state index in [0.29, 0.717) is 23.7 Å². The van der Waals surface area contributed by atoms with Crippen molar-refractivity contribution in [2.24, 2.45) is 0 Å². The number of aryl methyl sites for hydroxylation is 1. The normalized spacial score (nSPS) is 11.6. The minimum absolute atomic E-state index is 0.0600. The van der Waals surface area contributed by atoms with E-state index < -0.39 is 11.9 Å². The molecule has 0 fully saturated rings. The molecule has 3 aromatic heterocycles. The predicted octanol–water partition coefficient (Wildman–Crippen LogP) is 3.23. The Morgan fingerprint density at radius 2 is 2.00 bits per heavy atom. The van der Waals surface area contributed by atoms with Crippen molar-refractivity contribution in [3.63, 3.8) is 0 Å². The van der Waals surface area contributed by atoms with Crippen molar-refractivity contribution in [1.29, 1.82) is 0 Å². The molecule has 0 aliphatic rings. The van der Waals surface area contributed by atoms with Gasteiger partial charge in [-0.15, -0.1) is 0 Å². The van der Waals surface area contributed by atoms with Crippen molar-refractivity contribution in [2.45, 2.75) is 19.6 Å². The number of hydrogen-bond donors (Lipinski definition) is 2. The lowest BCUT2D eigenvalue weighted by Gasteiger charge is -2.09. The summed E-state index contributed by atoms with van der Waals surface area (Å²) in [6.45, 7) is 1.87. The van der Waals surface area contributed by atoms with Crippen LogP contribution < -0.4 is 11.1 Å². The van der Waals surface area contributed by atoms with Gasteiger partial charge in [0.1, 0.15) is 0 Å². The molecule has 0 bridgehead atoms. The first-order valence-corrected chi connectivity index (χ1v) is 7.73. The third-order valence-electron chi connectivity index (χ3n) is 3.45. The maximum absolute atomic E-state index is 12.7. The third-order valence-corrected chi connectivity index (χ3v) is 3.63. The number of anilines is 2. The molecule has 3 rings (SSSR count). The molecule has 0 aliphatic carbocycles. The van der Waals surface area contributed by atoms with E-state index in [1.165, 1.54) is 19.3 Å². The summed E-state index contributed by atoms with van der Waals surface area (Å²) in [5.41, 5.74) is 6.22. The molecule has 0 spiro atoms. The van der Waals surface area contributed by atoms with Gasteiger partial charge in [0.15, 0.2) is 17.3 Å². The van der Waals surface area contributed by atoms with Gasteiger partial charge >= 0.3 is 6.18 Å². The minimum atomic E-state index is -4.50. The fourth-order valence-corrected chi connectivity index (χ4v) is 2.32. The maximum atomic E-state index is 12.7. The molecular formula is C15H13ClF3N7. The second-order valence-electron chi connectivity index (χ2n) is 5.40. The number of halogens is 4. The Labute approximate surface area is 151 Å². The van der Waals surface area contributed by atoms with Crippen LogP contribution in [-0.2, 0) is 12.7 Å². The first-order chi connectivity index (χ1) is 12.2. The van der Waals surface area contributed by atoms with Gasteiger partial charge in [-0.05, 0) is 36.2 Å². The molecule has 0 aromatic carbocycles. The van der Waals surface area contributed by atoms with Gasteiger partial charge in [0.05, 0.1) is 11.9 Å². The van der Waals surface area contributed by atoms with E-state index in [-0.39, 0.29) is 11.1 Å². The highest BCUT2D eigenvalue weighted by atomic mass is 35.5. The number of nitrogens with zero attached hydrogens (tertiary/aromatic N) is 5. The number of nitrogen functional groups attached to an aromatic ring is 1. The van der Waals surface area contributed by atoms with E-state index in [0.717, 1.165) is 16.3 Å². The molecule has 11 heteroatoms. The van der Waals surface area contributed by atoms with Crippen molar-refractivity contribution >= 4 is 23.1 Å². The highest BCUT2D eigenvalue weighted by molar-refractivity contribution is 6.28. The second-order valence-corrected chi connectivity index (χ2v) is 5.74. The Morgan fingerprint density at radius 1 is 1.23 bits per heavy atom. The number of pyridine rings is 1. The topological polar surface area (TPSA) is 94.5 Å². The molecule has 0 saturated carbocycles. The fourth-order valence-electron chi connectivity index (χ4n) is 2.19. The predicted molar refractivity (Wildman–Crippen MR) is 89.9 cm³/mol. The van der Waals surface area contributed by atoms with E-state index in [1.807, 2.05) is 0 Å². The van der Waals surface area contributed by atoms with Crippen molar-refractivity contribution in [2.75, 3.05) is 11.1 Å². The Morgan fingerprint density at radius 3 is 2.62 bits per heavy atom. The largest absolute Gasteiger partial charge is 0.435 e. The molecule has 0 aliphatic heterocycles. The van der Waals surface area contributed by atoms with Crippen LogP contribution in [-0.4, -0.2) is 24.7 Å². The average Bonchev–Trinajstić information content (AvgIpc) is 2.98. The van der Waals surface area contributed by atoms with E-state index in [2.05, 4.69) is 25.4 Å². The molecule has 136 valence electrons. The van der Waals surface area contributed by atoms with E-state index >= 15 is 0 Å². The Bertz CT molecular complexity index is 922.